The fourth-order valence-electron chi connectivity index (χ4n) is 5.38. The molecule has 0 saturated carbocycles. The number of ether oxygens (including phenoxy) is 2. The van der Waals surface area contributed by atoms with E-state index in [9.17, 15) is 40.9 Å². The van der Waals surface area contributed by atoms with Gasteiger partial charge >= 0.3 is 11.8 Å². The minimum Gasteiger partial charge on any atom is -0.473 e. The molecule has 8 N–H and O–H groups in total. The lowest BCUT2D eigenvalue weighted by Crippen LogP contribution is -2.81. The van der Waals surface area contributed by atoms with Gasteiger partial charge in [-0.05, 0) is 47.3 Å². The third-order valence-corrected chi connectivity index (χ3v) is 8.95. The van der Waals surface area contributed by atoms with Crippen molar-refractivity contribution in [3.63, 3.8) is 0 Å². The van der Waals surface area contributed by atoms with Gasteiger partial charge < -0.3 is 55.2 Å². The molecule has 1 aliphatic heterocycles. The first-order chi connectivity index (χ1) is 21.8. The molecule has 0 amide bonds. The lowest BCUT2D eigenvalue weighted by atomic mass is 9.97. The molecule has 0 spiro atoms. The molecule has 6 rings (SSSR count). The van der Waals surface area contributed by atoms with Crippen LogP contribution in [0.4, 0.5) is 5.69 Å². The lowest BCUT2D eigenvalue weighted by molar-refractivity contribution is -0.552. The Morgan fingerprint density at radius 2 is 1.46 bits per heavy atom. The van der Waals surface area contributed by atoms with Crippen molar-refractivity contribution in [1.29, 1.82) is 0 Å². The largest absolute Gasteiger partial charge is 0.473 e. The highest BCUT2D eigenvalue weighted by Crippen LogP contribution is 2.39. The zero-order valence-electron chi connectivity index (χ0n) is 24.3. The molecule has 0 atom stereocenters. The molecule has 1 aliphatic rings. The van der Waals surface area contributed by atoms with E-state index in [1.54, 1.807) is 23.5 Å². The van der Waals surface area contributed by atoms with Crippen molar-refractivity contribution in [2.45, 2.75) is 30.1 Å². The van der Waals surface area contributed by atoms with Crippen LogP contribution in [0.3, 0.4) is 0 Å². The van der Waals surface area contributed by atoms with Crippen molar-refractivity contribution in [1.82, 2.24) is 9.88 Å². The summed E-state index contributed by atoms with van der Waals surface area (Å²) >= 11 is 1.57. The molecule has 0 unspecified atom stereocenters. The summed E-state index contributed by atoms with van der Waals surface area (Å²) in [6.45, 7) is 0.268. The topological polar surface area (TPSA) is 200 Å². The summed E-state index contributed by atoms with van der Waals surface area (Å²) in [5, 5.41) is 89.5. The van der Waals surface area contributed by atoms with Crippen LogP contribution in [-0.4, -0.2) is 100 Å². The van der Waals surface area contributed by atoms with E-state index in [2.05, 4.69) is 4.98 Å². The van der Waals surface area contributed by atoms with E-state index < -0.39 is 23.5 Å². The highest BCUT2D eigenvalue weighted by Gasteiger charge is 2.74. The van der Waals surface area contributed by atoms with E-state index in [0.29, 0.717) is 5.39 Å². The standard InChI is InChI=1S/C32H33N3O10S/c36-29(37,31(40,41)35-16-14-34(15-17-35)26-7-4-8-27-24(26)13-18-46-27)30(38,39)32(42,43)45-23-11-9-22-10-12-28(33-25(22)19-23)44-20-21-5-2-1-3-6-21/h1-13,18-19,36-43H,14-17,20H2. The second kappa shape index (κ2) is 12.0. The highest BCUT2D eigenvalue weighted by atomic mass is 32.1. The molecule has 14 heteroatoms. The van der Waals surface area contributed by atoms with Crippen LogP contribution in [0.2, 0.25) is 0 Å². The van der Waals surface area contributed by atoms with Crippen molar-refractivity contribution in [3.05, 3.63) is 95.9 Å². The molecule has 3 aromatic carbocycles. The summed E-state index contributed by atoms with van der Waals surface area (Å²) in [6.07, 6.45) is 0. The average Bonchev–Trinajstić information content (AvgIpc) is 3.53. The van der Waals surface area contributed by atoms with Crippen LogP contribution in [0.1, 0.15) is 5.56 Å². The molecule has 1 saturated heterocycles. The number of hydrogen-bond acceptors (Lipinski definition) is 14. The van der Waals surface area contributed by atoms with Gasteiger partial charge in [0.1, 0.15) is 12.4 Å². The van der Waals surface area contributed by atoms with Gasteiger partial charge in [-0.2, -0.15) is 0 Å². The van der Waals surface area contributed by atoms with Crippen LogP contribution in [0.25, 0.3) is 21.0 Å². The molecule has 0 radical (unpaired) electrons. The van der Waals surface area contributed by atoms with Gasteiger partial charge in [-0.1, -0.05) is 36.4 Å². The van der Waals surface area contributed by atoms with E-state index in [1.807, 2.05) is 64.9 Å². The molecule has 2 aromatic heterocycles. The minimum absolute atomic E-state index is 0.178. The number of thiophene rings is 1. The third-order valence-electron chi connectivity index (χ3n) is 8.07. The maximum atomic E-state index is 10.9. The zero-order valence-corrected chi connectivity index (χ0v) is 25.2. The van der Waals surface area contributed by atoms with Crippen molar-refractivity contribution < 1.29 is 50.3 Å². The van der Waals surface area contributed by atoms with Crippen LogP contribution in [0.5, 0.6) is 11.6 Å². The van der Waals surface area contributed by atoms with Gasteiger partial charge in [0, 0.05) is 59.5 Å². The average molecular weight is 652 g/mol. The molecular formula is C32H33N3O10S. The zero-order chi connectivity index (χ0) is 32.7. The maximum absolute atomic E-state index is 10.9. The van der Waals surface area contributed by atoms with Gasteiger partial charge in [0.05, 0.1) is 5.52 Å². The Morgan fingerprint density at radius 1 is 0.739 bits per heavy atom. The molecular weight excluding hydrogens is 618 g/mol. The summed E-state index contributed by atoms with van der Waals surface area (Å²) in [5.41, 5.74) is 2.07. The number of pyridine rings is 1. The SMILES string of the molecule is OC(O)(Oc1ccc2ccc(OCc3ccccc3)nc2c1)C(O)(O)C(O)(O)C(O)(O)N1CCN(c2cccc3sccc23)CC1. The van der Waals surface area contributed by atoms with Crippen LogP contribution in [0, 0.1) is 0 Å². The predicted octanol–water partition coefficient (Wildman–Crippen LogP) is 0.868. The Hall–Kier alpha value is -3.93. The van der Waals surface area contributed by atoms with Crippen molar-refractivity contribution in [2.75, 3.05) is 31.1 Å². The normalized spacial score (nSPS) is 15.4. The van der Waals surface area contributed by atoms with E-state index in [-0.39, 0.29) is 49.9 Å². The van der Waals surface area contributed by atoms with Crippen molar-refractivity contribution in [3.8, 4) is 11.6 Å². The molecule has 5 aromatic rings. The van der Waals surface area contributed by atoms with E-state index in [1.165, 1.54) is 18.2 Å². The Labute approximate surface area is 266 Å². The number of piperazine rings is 1. The highest BCUT2D eigenvalue weighted by molar-refractivity contribution is 7.17. The number of aliphatic hydroxyl groups is 8. The summed E-state index contributed by atoms with van der Waals surface area (Å²) < 4.78 is 11.8. The van der Waals surface area contributed by atoms with Crippen LogP contribution in [0.15, 0.2) is 90.3 Å². The molecule has 3 heterocycles. The summed E-state index contributed by atoms with van der Waals surface area (Å²) in [7, 11) is 0. The number of hydrogen-bond donors (Lipinski definition) is 8. The molecule has 46 heavy (non-hydrogen) atoms. The van der Waals surface area contributed by atoms with E-state index in [4.69, 9.17) is 9.47 Å². The maximum Gasteiger partial charge on any atom is 0.385 e. The van der Waals surface area contributed by atoms with Crippen LogP contribution in [-0.2, 0) is 6.61 Å². The fraction of sp³-hybridized carbons (Fsp3) is 0.281. The number of rotatable bonds is 10. The number of fused-ring (bicyclic) bond motifs is 2. The fourth-order valence-corrected chi connectivity index (χ4v) is 6.19. The van der Waals surface area contributed by atoms with E-state index >= 15 is 0 Å². The van der Waals surface area contributed by atoms with Crippen LogP contribution < -0.4 is 14.4 Å². The third kappa shape index (κ3) is 5.76. The van der Waals surface area contributed by atoms with E-state index in [0.717, 1.165) is 26.2 Å². The smallest absolute Gasteiger partial charge is 0.385 e. The Balaban J connectivity index is 1.16. The minimum atomic E-state index is -4.48. The van der Waals surface area contributed by atoms with Gasteiger partial charge in [-0.25, -0.2) is 9.88 Å². The Kier molecular flexibility index (Phi) is 8.37. The Morgan fingerprint density at radius 3 is 2.20 bits per heavy atom. The monoisotopic (exact) mass is 651 g/mol. The van der Waals surface area contributed by atoms with Crippen molar-refractivity contribution >= 4 is 38.0 Å². The first kappa shape index (κ1) is 32.0. The number of nitrogens with zero attached hydrogens (tertiary/aromatic N) is 3. The summed E-state index contributed by atoms with van der Waals surface area (Å²) in [6, 6.07) is 24.4. The molecule has 13 nitrogen and oxygen atoms in total. The second-order valence-electron chi connectivity index (χ2n) is 11.1. The quantitative estimate of drug-likeness (QED) is 0.0991. The molecule has 0 bridgehead atoms. The number of aromatic nitrogens is 1. The van der Waals surface area contributed by atoms with Gasteiger partial charge in [-0.3, -0.25) is 0 Å². The van der Waals surface area contributed by atoms with Crippen LogP contribution >= 0.6 is 11.3 Å². The van der Waals surface area contributed by atoms with Gasteiger partial charge in [-0.15, -0.1) is 11.3 Å². The first-order valence-electron chi connectivity index (χ1n) is 14.3. The van der Waals surface area contributed by atoms with Crippen molar-refractivity contribution in [2.24, 2.45) is 0 Å². The summed E-state index contributed by atoms with van der Waals surface area (Å²) in [4.78, 5) is 7.08. The second-order valence-corrected chi connectivity index (χ2v) is 12.0. The number of benzene rings is 3. The number of anilines is 1. The van der Waals surface area contributed by atoms with Gasteiger partial charge in [0.25, 0.3) is 11.7 Å². The molecule has 0 aliphatic carbocycles. The van der Waals surface area contributed by atoms with Gasteiger partial charge in [0.15, 0.2) is 0 Å². The first-order valence-corrected chi connectivity index (χ1v) is 15.2. The summed E-state index contributed by atoms with van der Waals surface area (Å²) in [5.74, 6) is -17.0. The lowest BCUT2D eigenvalue weighted by Gasteiger charge is -2.51. The molecule has 242 valence electrons. The van der Waals surface area contributed by atoms with Gasteiger partial charge in [0.2, 0.25) is 5.88 Å². The molecule has 1 fully saturated rings. The Bertz CT molecular complexity index is 1820. The predicted molar refractivity (Wildman–Crippen MR) is 167 cm³/mol.